The number of rotatable bonds is 5. The molecule has 17 heavy (non-hydrogen) atoms. The number of aromatic nitrogens is 2. The molecule has 0 saturated heterocycles. The quantitative estimate of drug-likeness (QED) is 0.615. The van der Waals surface area contributed by atoms with Crippen LogP contribution in [-0.2, 0) is 0 Å². The third-order valence-corrected chi connectivity index (χ3v) is 3.46. The molecular weight excluding hydrogens is 236 g/mol. The first kappa shape index (κ1) is 14.2. The molecule has 96 valence electrons. The van der Waals surface area contributed by atoms with Crippen LogP contribution in [0, 0.1) is 0 Å². The molecule has 0 bridgehead atoms. The molecule has 0 saturated carbocycles. The van der Waals surface area contributed by atoms with Crippen molar-refractivity contribution in [2.75, 3.05) is 12.9 Å². The summed E-state index contributed by atoms with van der Waals surface area (Å²) in [4.78, 5) is 8.40. The average molecular weight is 256 g/mol. The fourth-order valence-electron chi connectivity index (χ4n) is 1.27. The monoisotopic (exact) mass is 256 g/mol. The Kier molecular flexibility index (Phi) is 5.17. The van der Waals surface area contributed by atoms with Crippen molar-refractivity contribution in [2.45, 2.75) is 31.6 Å². The zero-order chi connectivity index (χ0) is 12.9. The maximum Gasteiger partial charge on any atom is 0.237 e. The maximum absolute atomic E-state index is 5.57. The molecule has 1 atom stereocenters. The Hall–Kier alpha value is -0.850. The van der Waals surface area contributed by atoms with E-state index in [9.17, 15) is 0 Å². The van der Waals surface area contributed by atoms with Crippen LogP contribution < -0.4 is 16.0 Å². The molecule has 0 amide bonds. The lowest BCUT2D eigenvalue weighted by Gasteiger charge is -2.22. The normalized spacial score (nSPS) is 13.5. The van der Waals surface area contributed by atoms with Crippen LogP contribution in [0.15, 0.2) is 12.4 Å². The minimum Gasteiger partial charge on any atom is -0.480 e. The number of nitrogens with two attached hydrogens (primary N) is 1. The number of hydrazine groups is 1. The molecule has 0 fully saturated rings. The van der Waals surface area contributed by atoms with Gasteiger partial charge in [-0.2, -0.15) is 11.8 Å². The van der Waals surface area contributed by atoms with Crippen molar-refractivity contribution in [1.29, 1.82) is 0 Å². The summed E-state index contributed by atoms with van der Waals surface area (Å²) in [6.45, 7) is 6.50. The van der Waals surface area contributed by atoms with E-state index in [0.29, 0.717) is 5.88 Å². The van der Waals surface area contributed by atoms with Crippen LogP contribution in [0.2, 0.25) is 0 Å². The predicted molar refractivity (Wildman–Crippen MR) is 70.9 cm³/mol. The van der Waals surface area contributed by atoms with Gasteiger partial charge >= 0.3 is 0 Å². The summed E-state index contributed by atoms with van der Waals surface area (Å²) in [5.74, 6) is 6.90. The van der Waals surface area contributed by atoms with E-state index in [-0.39, 0.29) is 10.8 Å². The minimum atomic E-state index is -0.0668. The summed E-state index contributed by atoms with van der Waals surface area (Å²) < 4.78 is 5.37. The Morgan fingerprint density at radius 3 is 2.59 bits per heavy atom. The third-order valence-electron chi connectivity index (χ3n) is 2.10. The number of nitrogens with one attached hydrogen (secondary N) is 1. The molecule has 3 N–H and O–H groups in total. The van der Waals surface area contributed by atoms with Gasteiger partial charge in [0.05, 0.1) is 13.2 Å². The van der Waals surface area contributed by atoms with Crippen LogP contribution in [0.1, 0.15) is 32.5 Å². The fraction of sp³-hybridized carbons (Fsp3) is 0.636. The van der Waals surface area contributed by atoms with Crippen LogP contribution >= 0.6 is 11.8 Å². The Labute approximate surface area is 107 Å². The standard InChI is InChI=1S/C11H20N4OS/c1-11(2,3)17-7-8(15-12)9-10(16-4)14-6-5-13-9/h5-6,8,15H,7,12H2,1-4H3. The molecular formula is C11H20N4OS. The Morgan fingerprint density at radius 2 is 2.06 bits per heavy atom. The van der Waals surface area contributed by atoms with E-state index in [1.165, 1.54) is 0 Å². The summed E-state index contributed by atoms with van der Waals surface area (Å²) >= 11 is 1.81. The second kappa shape index (κ2) is 6.18. The van der Waals surface area contributed by atoms with Gasteiger partial charge in [-0.25, -0.2) is 4.98 Å². The van der Waals surface area contributed by atoms with Gasteiger partial charge in [-0.05, 0) is 0 Å². The van der Waals surface area contributed by atoms with E-state index in [1.54, 1.807) is 19.5 Å². The largest absolute Gasteiger partial charge is 0.480 e. The second-order valence-corrected chi connectivity index (χ2v) is 6.44. The van der Waals surface area contributed by atoms with E-state index >= 15 is 0 Å². The molecule has 0 aliphatic carbocycles. The van der Waals surface area contributed by atoms with Crippen LogP contribution in [0.4, 0.5) is 0 Å². The lowest BCUT2D eigenvalue weighted by Crippen LogP contribution is -2.32. The minimum absolute atomic E-state index is 0.0668. The molecule has 6 heteroatoms. The number of thioether (sulfide) groups is 1. The van der Waals surface area contributed by atoms with Gasteiger partial charge < -0.3 is 4.74 Å². The number of ether oxygens (including phenoxy) is 1. The molecule has 1 aromatic heterocycles. The first-order valence-electron chi connectivity index (χ1n) is 5.43. The van der Waals surface area contributed by atoms with Gasteiger partial charge in [0.2, 0.25) is 5.88 Å². The summed E-state index contributed by atoms with van der Waals surface area (Å²) in [6.07, 6.45) is 3.25. The molecule has 0 radical (unpaired) electrons. The SMILES string of the molecule is COc1nccnc1C(CSC(C)(C)C)NN. The number of nitrogens with zero attached hydrogens (tertiary/aromatic N) is 2. The van der Waals surface area contributed by atoms with E-state index < -0.39 is 0 Å². The molecule has 1 unspecified atom stereocenters. The van der Waals surface area contributed by atoms with Gasteiger partial charge in [-0.3, -0.25) is 16.3 Å². The molecule has 1 rings (SSSR count). The highest BCUT2D eigenvalue weighted by Crippen LogP contribution is 2.29. The van der Waals surface area contributed by atoms with Crippen LogP contribution in [0.3, 0.4) is 0 Å². The van der Waals surface area contributed by atoms with Crippen molar-refractivity contribution in [3.63, 3.8) is 0 Å². The Balaban J connectivity index is 2.79. The highest BCUT2D eigenvalue weighted by molar-refractivity contribution is 8.00. The van der Waals surface area contributed by atoms with Gasteiger partial charge in [0.25, 0.3) is 0 Å². The summed E-state index contributed by atoms with van der Waals surface area (Å²) in [6, 6.07) is -0.0668. The molecule has 0 aromatic carbocycles. The van der Waals surface area contributed by atoms with Crippen molar-refractivity contribution < 1.29 is 4.74 Å². The lowest BCUT2D eigenvalue weighted by atomic mass is 10.2. The summed E-state index contributed by atoms with van der Waals surface area (Å²) in [7, 11) is 1.58. The fourth-order valence-corrected chi connectivity index (χ4v) is 2.19. The van der Waals surface area contributed by atoms with Crippen LogP contribution in [0.5, 0.6) is 5.88 Å². The summed E-state index contributed by atoms with van der Waals surface area (Å²) in [5, 5.41) is 0. The average Bonchev–Trinajstić information content (AvgIpc) is 2.29. The maximum atomic E-state index is 5.57. The van der Waals surface area contributed by atoms with Crippen molar-refractivity contribution in [3.8, 4) is 5.88 Å². The van der Waals surface area contributed by atoms with Crippen molar-refractivity contribution in [2.24, 2.45) is 5.84 Å². The van der Waals surface area contributed by atoms with Crippen molar-refractivity contribution >= 4 is 11.8 Å². The molecule has 0 aliphatic heterocycles. The van der Waals surface area contributed by atoms with E-state index in [1.807, 2.05) is 11.8 Å². The zero-order valence-corrected chi connectivity index (χ0v) is 11.5. The molecule has 1 aromatic rings. The first-order chi connectivity index (χ1) is 7.98. The van der Waals surface area contributed by atoms with E-state index in [4.69, 9.17) is 10.6 Å². The summed E-state index contributed by atoms with van der Waals surface area (Å²) in [5.41, 5.74) is 3.51. The van der Waals surface area contributed by atoms with Gasteiger partial charge in [-0.1, -0.05) is 20.8 Å². The highest BCUT2D eigenvalue weighted by atomic mass is 32.2. The first-order valence-corrected chi connectivity index (χ1v) is 6.41. The van der Waals surface area contributed by atoms with Crippen molar-refractivity contribution in [3.05, 3.63) is 18.1 Å². The van der Waals surface area contributed by atoms with E-state index in [2.05, 4.69) is 36.2 Å². The topological polar surface area (TPSA) is 73.1 Å². The second-order valence-electron chi connectivity index (χ2n) is 4.59. The number of hydrogen-bond acceptors (Lipinski definition) is 6. The molecule has 0 spiro atoms. The van der Waals surface area contributed by atoms with Gasteiger partial charge in [0.1, 0.15) is 5.69 Å². The molecule has 5 nitrogen and oxygen atoms in total. The number of methoxy groups -OCH3 is 1. The third kappa shape index (κ3) is 4.49. The smallest absolute Gasteiger partial charge is 0.237 e. The Morgan fingerprint density at radius 1 is 1.41 bits per heavy atom. The van der Waals surface area contributed by atoms with Crippen molar-refractivity contribution in [1.82, 2.24) is 15.4 Å². The lowest BCUT2D eigenvalue weighted by molar-refractivity contribution is 0.381. The zero-order valence-electron chi connectivity index (χ0n) is 10.7. The van der Waals surface area contributed by atoms with Crippen LogP contribution in [0.25, 0.3) is 0 Å². The Bertz CT molecular complexity index is 354. The molecule has 1 heterocycles. The van der Waals surface area contributed by atoms with Crippen LogP contribution in [-0.4, -0.2) is 27.6 Å². The van der Waals surface area contributed by atoms with Gasteiger partial charge in [0, 0.05) is 22.9 Å². The van der Waals surface area contributed by atoms with Gasteiger partial charge in [0.15, 0.2) is 0 Å². The van der Waals surface area contributed by atoms with E-state index in [0.717, 1.165) is 11.4 Å². The van der Waals surface area contributed by atoms with Gasteiger partial charge in [-0.15, -0.1) is 0 Å². The highest BCUT2D eigenvalue weighted by Gasteiger charge is 2.20. The molecule has 0 aliphatic rings. The predicted octanol–water partition coefficient (Wildman–Crippen LogP) is 1.52. The number of hydrogen-bond donors (Lipinski definition) is 2.